The van der Waals surface area contributed by atoms with Gasteiger partial charge >= 0.3 is 0 Å². The van der Waals surface area contributed by atoms with Crippen LogP contribution in [-0.2, 0) is 9.47 Å². The number of allylic oxidation sites excluding steroid dienone is 2. The molecule has 0 aromatic rings. The number of hydrogen-bond acceptors (Lipinski definition) is 2. The third-order valence-corrected chi connectivity index (χ3v) is 3.60. The molecule has 1 fully saturated rings. The monoisotopic (exact) mass is 268 g/mol. The van der Waals surface area contributed by atoms with E-state index in [-0.39, 0.29) is 6.29 Å². The molecule has 1 aliphatic heterocycles. The summed E-state index contributed by atoms with van der Waals surface area (Å²) in [6, 6.07) is 0. The number of hydrogen-bond donors (Lipinski definition) is 0. The normalized spacial score (nSPS) is 20.2. The fourth-order valence-electron chi connectivity index (χ4n) is 2.35. The van der Waals surface area contributed by atoms with Crippen LogP contribution in [0.25, 0.3) is 0 Å². The van der Waals surface area contributed by atoms with E-state index in [1.165, 1.54) is 57.8 Å². The zero-order chi connectivity index (χ0) is 13.6. The molecular weight excluding hydrogens is 236 g/mol. The van der Waals surface area contributed by atoms with Crippen molar-refractivity contribution < 1.29 is 9.47 Å². The van der Waals surface area contributed by atoms with Crippen molar-refractivity contribution in [1.82, 2.24) is 0 Å². The van der Waals surface area contributed by atoms with Gasteiger partial charge in [0.15, 0.2) is 6.29 Å². The second kappa shape index (κ2) is 12.7. The molecule has 1 aliphatic rings. The average molecular weight is 268 g/mol. The summed E-state index contributed by atoms with van der Waals surface area (Å²) in [4.78, 5) is 0. The molecule has 0 radical (unpaired) electrons. The molecule has 0 N–H and O–H groups in total. The van der Waals surface area contributed by atoms with E-state index in [1.54, 1.807) is 0 Å². The van der Waals surface area contributed by atoms with Crippen molar-refractivity contribution in [3.63, 3.8) is 0 Å². The van der Waals surface area contributed by atoms with E-state index in [1.807, 2.05) is 0 Å². The van der Waals surface area contributed by atoms with E-state index in [4.69, 9.17) is 9.47 Å². The Labute approximate surface area is 119 Å². The van der Waals surface area contributed by atoms with Crippen LogP contribution in [0.2, 0.25) is 0 Å². The predicted molar refractivity (Wildman–Crippen MR) is 81.3 cm³/mol. The SMILES string of the molecule is CCCCCC/C=C\CCCCO[C@@H]1CCCCO1. The van der Waals surface area contributed by atoms with Gasteiger partial charge in [-0.1, -0.05) is 38.3 Å². The third-order valence-electron chi connectivity index (χ3n) is 3.60. The van der Waals surface area contributed by atoms with Crippen LogP contribution in [-0.4, -0.2) is 19.5 Å². The Bertz CT molecular complexity index is 207. The highest BCUT2D eigenvalue weighted by atomic mass is 16.7. The first-order valence-electron chi connectivity index (χ1n) is 8.31. The van der Waals surface area contributed by atoms with Crippen LogP contribution in [0.5, 0.6) is 0 Å². The zero-order valence-electron chi connectivity index (χ0n) is 12.7. The zero-order valence-corrected chi connectivity index (χ0v) is 12.7. The molecule has 0 saturated carbocycles. The predicted octanol–water partition coefficient (Wildman–Crippen LogP) is 5.23. The fraction of sp³-hybridized carbons (Fsp3) is 0.882. The summed E-state index contributed by atoms with van der Waals surface area (Å²) in [5, 5.41) is 0. The minimum atomic E-state index is 0.0860. The minimum Gasteiger partial charge on any atom is -0.353 e. The lowest BCUT2D eigenvalue weighted by molar-refractivity contribution is -0.162. The molecule has 0 unspecified atom stereocenters. The number of unbranched alkanes of at least 4 members (excludes halogenated alkanes) is 6. The molecule has 0 bridgehead atoms. The van der Waals surface area contributed by atoms with Crippen LogP contribution in [0.15, 0.2) is 12.2 Å². The summed E-state index contributed by atoms with van der Waals surface area (Å²) in [5.41, 5.74) is 0. The number of ether oxygens (including phenoxy) is 2. The lowest BCUT2D eigenvalue weighted by Gasteiger charge is -2.22. The lowest BCUT2D eigenvalue weighted by atomic mass is 10.1. The van der Waals surface area contributed by atoms with Gasteiger partial charge in [0.1, 0.15) is 0 Å². The van der Waals surface area contributed by atoms with Crippen molar-refractivity contribution in [2.24, 2.45) is 0 Å². The summed E-state index contributed by atoms with van der Waals surface area (Å²) < 4.78 is 11.2. The topological polar surface area (TPSA) is 18.5 Å². The third kappa shape index (κ3) is 10.1. The van der Waals surface area contributed by atoms with Crippen molar-refractivity contribution >= 4 is 0 Å². The highest BCUT2D eigenvalue weighted by molar-refractivity contribution is 4.81. The van der Waals surface area contributed by atoms with E-state index in [9.17, 15) is 0 Å². The Morgan fingerprint density at radius 3 is 2.47 bits per heavy atom. The molecule has 0 spiro atoms. The van der Waals surface area contributed by atoms with Gasteiger partial charge in [0.05, 0.1) is 0 Å². The maximum atomic E-state index is 5.71. The van der Waals surface area contributed by atoms with Gasteiger partial charge in [0.2, 0.25) is 0 Å². The van der Waals surface area contributed by atoms with Crippen LogP contribution in [0.3, 0.4) is 0 Å². The Balaban J connectivity index is 1.78. The van der Waals surface area contributed by atoms with Crippen molar-refractivity contribution in [2.45, 2.75) is 83.8 Å². The van der Waals surface area contributed by atoms with Gasteiger partial charge in [-0.3, -0.25) is 0 Å². The van der Waals surface area contributed by atoms with Gasteiger partial charge in [0.25, 0.3) is 0 Å². The summed E-state index contributed by atoms with van der Waals surface area (Å²) in [6.07, 6.45) is 18.6. The van der Waals surface area contributed by atoms with E-state index < -0.39 is 0 Å². The van der Waals surface area contributed by atoms with Crippen molar-refractivity contribution in [2.75, 3.05) is 13.2 Å². The summed E-state index contributed by atoms with van der Waals surface area (Å²) in [5.74, 6) is 0. The quantitative estimate of drug-likeness (QED) is 0.377. The molecule has 1 rings (SSSR count). The van der Waals surface area contributed by atoms with Crippen LogP contribution in [0, 0.1) is 0 Å². The standard InChI is InChI=1S/C17H32O2/c1-2-3-4-5-6-7-8-9-10-12-15-18-17-14-11-13-16-19-17/h7-8,17H,2-6,9-16H2,1H3/b8-7-/t17-/m0/s1. The van der Waals surface area contributed by atoms with E-state index in [0.29, 0.717) is 0 Å². The van der Waals surface area contributed by atoms with Crippen LogP contribution in [0.4, 0.5) is 0 Å². The summed E-state index contributed by atoms with van der Waals surface area (Å²) in [6.45, 7) is 4.00. The first kappa shape index (κ1) is 16.7. The van der Waals surface area contributed by atoms with E-state index >= 15 is 0 Å². The molecule has 0 aromatic heterocycles. The molecule has 1 heterocycles. The van der Waals surface area contributed by atoms with Crippen LogP contribution >= 0.6 is 0 Å². The first-order chi connectivity index (χ1) is 9.43. The van der Waals surface area contributed by atoms with Crippen molar-refractivity contribution in [1.29, 1.82) is 0 Å². The van der Waals surface area contributed by atoms with Crippen molar-refractivity contribution in [3.05, 3.63) is 12.2 Å². The van der Waals surface area contributed by atoms with Gasteiger partial charge in [-0.05, 0) is 51.4 Å². The molecule has 0 aliphatic carbocycles. The average Bonchev–Trinajstić information content (AvgIpc) is 2.46. The number of rotatable bonds is 11. The summed E-state index contributed by atoms with van der Waals surface area (Å²) >= 11 is 0. The molecule has 1 atom stereocenters. The van der Waals surface area contributed by atoms with Gasteiger partial charge < -0.3 is 9.47 Å². The minimum absolute atomic E-state index is 0.0860. The smallest absolute Gasteiger partial charge is 0.157 e. The molecule has 0 amide bonds. The van der Waals surface area contributed by atoms with Gasteiger partial charge in [0, 0.05) is 13.2 Å². The second-order valence-electron chi connectivity index (χ2n) is 5.48. The Kier molecular flexibility index (Phi) is 11.2. The molecule has 2 nitrogen and oxygen atoms in total. The largest absolute Gasteiger partial charge is 0.353 e. The van der Waals surface area contributed by atoms with Crippen molar-refractivity contribution in [3.8, 4) is 0 Å². The molecule has 1 saturated heterocycles. The lowest BCUT2D eigenvalue weighted by Crippen LogP contribution is -2.22. The van der Waals surface area contributed by atoms with Crippen LogP contribution in [0.1, 0.15) is 77.6 Å². The molecule has 0 aromatic carbocycles. The van der Waals surface area contributed by atoms with Gasteiger partial charge in [-0.25, -0.2) is 0 Å². The Hall–Kier alpha value is -0.340. The van der Waals surface area contributed by atoms with Gasteiger partial charge in [-0.2, -0.15) is 0 Å². The van der Waals surface area contributed by atoms with E-state index in [2.05, 4.69) is 19.1 Å². The highest BCUT2D eigenvalue weighted by Gasteiger charge is 2.12. The molecule has 112 valence electrons. The molecular formula is C17H32O2. The Morgan fingerprint density at radius 2 is 1.79 bits per heavy atom. The van der Waals surface area contributed by atoms with E-state index in [0.717, 1.165) is 26.1 Å². The Morgan fingerprint density at radius 1 is 1.00 bits per heavy atom. The molecule has 2 heteroatoms. The van der Waals surface area contributed by atoms with Crippen LogP contribution < -0.4 is 0 Å². The second-order valence-corrected chi connectivity index (χ2v) is 5.48. The maximum absolute atomic E-state index is 5.71. The highest BCUT2D eigenvalue weighted by Crippen LogP contribution is 2.14. The fourth-order valence-corrected chi connectivity index (χ4v) is 2.35. The summed E-state index contributed by atoms with van der Waals surface area (Å²) in [7, 11) is 0. The maximum Gasteiger partial charge on any atom is 0.157 e. The van der Waals surface area contributed by atoms with Gasteiger partial charge in [-0.15, -0.1) is 0 Å². The molecule has 19 heavy (non-hydrogen) atoms. The first-order valence-corrected chi connectivity index (χ1v) is 8.31.